The van der Waals surface area contributed by atoms with Gasteiger partial charge in [-0.3, -0.25) is 9.78 Å². The summed E-state index contributed by atoms with van der Waals surface area (Å²) in [6.45, 7) is 1.63. The van der Waals surface area contributed by atoms with Crippen molar-refractivity contribution in [1.29, 1.82) is 0 Å². The molecule has 2 heterocycles. The molecule has 0 amide bonds. The molecule has 1 aliphatic rings. The van der Waals surface area contributed by atoms with E-state index in [-0.39, 0.29) is 12.1 Å². The first kappa shape index (κ1) is 16.1. The molecule has 1 unspecified atom stereocenters. The molecule has 0 radical (unpaired) electrons. The lowest BCUT2D eigenvalue weighted by atomic mass is 10.1. The minimum atomic E-state index is -0.294. The fourth-order valence-corrected chi connectivity index (χ4v) is 3.68. The van der Waals surface area contributed by atoms with E-state index in [1.165, 1.54) is 5.56 Å². The Morgan fingerprint density at radius 2 is 2.20 bits per heavy atom. The molecule has 0 bridgehead atoms. The summed E-state index contributed by atoms with van der Waals surface area (Å²) in [6, 6.07) is 10.5. The lowest BCUT2D eigenvalue weighted by molar-refractivity contribution is 0.145. The molecule has 3 atom stereocenters. The van der Waals surface area contributed by atoms with E-state index in [4.69, 9.17) is 0 Å². The number of rotatable bonds is 6. The van der Waals surface area contributed by atoms with Crippen LogP contribution in [0, 0.1) is 5.92 Å². The summed E-state index contributed by atoms with van der Waals surface area (Å²) in [5.41, 5.74) is 3.44. The Balaban J connectivity index is 1.34. The van der Waals surface area contributed by atoms with E-state index in [9.17, 15) is 5.11 Å². The number of aromatic amines is 1. The lowest BCUT2D eigenvalue weighted by Crippen LogP contribution is -2.35. The van der Waals surface area contributed by atoms with Crippen molar-refractivity contribution < 1.29 is 5.11 Å². The second kappa shape index (κ2) is 7.21. The molecule has 4 rings (SSSR count). The van der Waals surface area contributed by atoms with Crippen LogP contribution in [0.4, 0.5) is 0 Å². The van der Waals surface area contributed by atoms with Crippen molar-refractivity contribution >= 4 is 0 Å². The van der Waals surface area contributed by atoms with Gasteiger partial charge in [0.2, 0.25) is 0 Å². The van der Waals surface area contributed by atoms with Crippen LogP contribution in [0.15, 0.2) is 55.1 Å². The molecule has 1 fully saturated rings. The first-order chi connectivity index (χ1) is 12.3. The summed E-state index contributed by atoms with van der Waals surface area (Å²) in [5, 5.41) is 25.0. The first-order valence-corrected chi connectivity index (χ1v) is 8.75. The van der Waals surface area contributed by atoms with Crippen LogP contribution in [0.1, 0.15) is 18.4 Å². The Morgan fingerprint density at radius 3 is 3.00 bits per heavy atom. The Morgan fingerprint density at radius 1 is 1.24 bits per heavy atom. The topological polar surface area (TPSA) is 78.8 Å². The van der Waals surface area contributed by atoms with Gasteiger partial charge >= 0.3 is 0 Å². The smallest absolute Gasteiger partial charge is 0.0696 e. The van der Waals surface area contributed by atoms with E-state index in [1.807, 2.05) is 29.3 Å². The summed E-state index contributed by atoms with van der Waals surface area (Å²) in [4.78, 5) is 0. The highest BCUT2D eigenvalue weighted by atomic mass is 16.3. The van der Waals surface area contributed by atoms with Crippen LogP contribution >= 0.6 is 0 Å². The number of nitrogens with zero attached hydrogens (tertiary/aromatic N) is 3. The number of hydrogen-bond acceptors (Lipinski definition) is 4. The van der Waals surface area contributed by atoms with Crippen molar-refractivity contribution in [2.24, 2.45) is 5.92 Å². The Labute approximate surface area is 146 Å². The zero-order valence-electron chi connectivity index (χ0n) is 14.0. The van der Waals surface area contributed by atoms with Crippen LogP contribution in [0.25, 0.3) is 11.1 Å². The molecule has 6 nitrogen and oxygen atoms in total. The number of aromatic nitrogens is 4. The maximum absolute atomic E-state index is 10.4. The fourth-order valence-electron chi connectivity index (χ4n) is 3.68. The number of benzene rings is 1. The molecule has 0 spiro atoms. The van der Waals surface area contributed by atoms with E-state index < -0.39 is 0 Å². The van der Waals surface area contributed by atoms with Crippen molar-refractivity contribution in [2.75, 3.05) is 0 Å². The van der Waals surface area contributed by atoms with Crippen LogP contribution in [0.5, 0.6) is 0 Å². The summed E-state index contributed by atoms with van der Waals surface area (Å²) >= 11 is 0. The molecule has 130 valence electrons. The van der Waals surface area contributed by atoms with E-state index >= 15 is 0 Å². The van der Waals surface area contributed by atoms with Gasteiger partial charge < -0.3 is 10.4 Å². The molecule has 0 saturated heterocycles. The Hall–Kier alpha value is -2.44. The van der Waals surface area contributed by atoms with Crippen molar-refractivity contribution in [3.05, 3.63) is 60.7 Å². The van der Waals surface area contributed by atoms with Crippen LogP contribution in [0.3, 0.4) is 0 Å². The van der Waals surface area contributed by atoms with Gasteiger partial charge in [-0.1, -0.05) is 18.2 Å². The summed E-state index contributed by atoms with van der Waals surface area (Å²) in [7, 11) is 0. The van der Waals surface area contributed by atoms with Gasteiger partial charge in [0, 0.05) is 43.3 Å². The lowest BCUT2D eigenvalue weighted by Gasteiger charge is -2.16. The highest BCUT2D eigenvalue weighted by Gasteiger charge is 2.32. The summed E-state index contributed by atoms with van der Waals surface area (Å²) in [5.74, 6) is 0.463. The number of hydrogen-bond donors (Lipinski definition) is 3. The van der Waals surface area contributed by atoms with E-state index in [2.05, 4.69) is 44.9 Å². The van der Waals surface area contributed by atoms with Gasteiger partial charge in [-0.25, -0.2) is 0 Å². The second-order valence-corrected chi connectivity index (χ2v) is 6.81. The maximum Gasteiger partial charge on any atom is 0.0696 e. The van der Waals surface area contributed by atoms with Gasteiger partial charge in [0.15, 0.2) is 0 Å². The Kier molecular flexibility index (Phi) is 4.63. The van der Waals surface area contributed by atoms with Crippen LogP contribution < -0.4 is 5.32 Å². The predicted octanol–water partition coefficient (Wildman–Crippen LogP) is 2.20. The number of H-pyrrole nitrogens is 1. The third-order valence-corrected chi connectivity index (χ3v) is 4.96. The van der Waals surface area contributed by atoms with Crippen molar-refractivity contribution in [3.8, 4) is 11.1 Å². The molecule has 3 N–H and O–H groups in total. The largest absolute Gasteiger partial charge is 0.391 e. The fraction of sp³-hybridized carbons (Fsp3) is 0.368. The monoisotopic (exact) mass is 337 g/mol. The third kappa shape index (κ3) is 3.81. The van der Waals surface area contributed by atoms with Gasteiger partial charge in [0.25, 0.3) is 0 Å². The number of aliphatic hydroxyl groups is 1. The van der Waals surface area contributed by atoms with Gasteiger partial charge in [0.1, 0.15) is 0 Å². The zero-order chi connectivity index (χ0) is 17.1. The molecule has 2 aromatic heterocycles. The average molecular weight is 337 g/mol. The van der Waals surface area contributed by atoms with Gasteiger partial charge in [-0.15, -0.1) is 0 Å². The van der Waals surface area contributed by atoms with Gasteiger partial charge in [-0.05, 0) is 42.0 Å². The molecule has 1 saturated carbocycles. The van der Waals surface area contributed by atoms with Crippen LogP contribution in [-0.2, 0) is 13.1 Å². The quantitative estimate of drug-likeness (QED) is 0.644. The summed E-state index contributed by atoms with van der Waals surface area (Å²) in [6.07, 6.45) is 9.01. The van der Waals surface area contributed by atoms with Crippen LogP contribution in [-0.4, -0.2) is 37.2 Å². The van der Waals surface area contributed by atoms with E-state index in [0.717, 1.165) is 37.1 Å². The third-order valence-electron chi connectivity index (χ3n) is 4.96. The highest BCUT2D eigenvalue weighted by molar-refractivity contribution is 5.62. The molecule has 1 aliphatic carbocycles. The number of nitrogens with one attached hydrogen (secondary N) is 2. The molecule has 6 heteroatoms. The van der Waals surface area contributed by atoms with Crippen molar-refractivity contribution in [3.63, 3.8) is 0 Å². The standard InChI is InChI=1S/C19H23N5O/c25-19-9-15(13-24-6-2-5-23-24)8-18(19)20-10-14-3-1-4-16(7-14)17-11-21-22-12-17/h1-7,11-12,15,18-20,25H,8-10,13H2,(H,21,22)/t15?,18-,19-/m1/s1. The Bertz CT molecular complexity index is 784. The van der Waals surface area contributed by atoms with E-state index in [1.54, 1.807) is 6.20 Å². The highest BCUT2D eigenvalue weighted by Crippen LogP contribution is 2.28. The van der Waals surface area contributed by atoms with Gasteiger partial charge in [0.05, 0.1) is 12.3 Å². The second-order valence-electron chi connectivity index (χ2n) is 6.81. The minimum absolute atomic E-state index is 0.137. The normalized spacial score (nSPS) is 23.2. The maximum atomic E-state index is 10.4. The molecular weight excluding hydrogens is 314 g/mol. The molecule has 0 aliphatic heterocycles. The molecular formula is C19H23N5O. The minimum Gasteiger partial charge on any atom is -0.391 e. The zero-order valence-corrected chi connectivity index (χ0v) is 14.0. The van der Waals surface area contributed by atoms with Gasteiger partial charge in [-0.2, -0.15) is 10.2 Å². The number of aliphatic hydroxyl groups excluding tert-OH is 1. The molecule has 25 heavy (non-hydrogen) atoms. The van der Waals surface area contributed by atoms with E-state index in [0.29, 0.717) is 5.92 Å². The molecule has 1 aromatic carbocycles. The SMILES string of the molecule is O[C@@H]1CC(Cn2cccn2)C[C@H]1NCc1cccc(-c2cn[nH]c2)c1. The van der Waals surface area contributed by atoms with Crippen LogP contribution in [0.2, 0.25) is 0 Å². The molecule has 3 aromatic rings. The predicted molar refractivity (Wildman–Crippen MR) is 95.6 cm³/mol. The van der Waals surface area contributed by atoms with Crippen molar-refractivity contribution in [2.45, 2.75) is 38.1 Å². The first-order valence-electron chi connectivity index (χ1n) is 8.75. The van der Waals surface area contributed by atoms with Crippen molar-refractivity contribution in [1.82, 2.24) is 25.3 Å². The average Bonchev–Trinajstić information content (AvgIpc) is 3.36. The summed E-state index contributed by atoms with van der Waals surface area (Å²) < 4.78 is 1.95.